The van der Waals surface area contributed by atoms with E-state index in [0.29, 0.717) is 6.10 Å². The molecule has 2 rings (SSSR count). The summed E-state index contributed by atoms with van der Waals surface area (Å²) in [5, 5.41) is 9.68. The number of aliphatic hydroxyl groups excluding tert-OH is 1. The molecular formula is C9H17NO2. The molecule has 0 amide bonds. The van der Waals surface area contributed by atoms with Gasteiger partial charge in [-0.3, -0.25) is 4.90 Å². The number of hydrogen-bond donors (Lipinski definition) is 1. The monoisotopic (exact) mass is 171 g/mol. The molecular weight excluding hydrogens is 154 g/mol. The van der Waals surface area contributed by atoms with Crippen molar-refractivity contribution in [2.75, 3.05) is 19.7 Å². The van der Waals surface area contributed by atoms with Gasteiger partial charge < -0.3 is 9.84 Å². The fourth-order valence-corrected chi connectivity index (χ4v) is 1.88. The topological polar surface area (TPSA) is 36.0 Å². The molecule has 2 aliphatic heterocycles. The number of hydrogen-bond acceptors (Lipinski definition) is 3. The summed E-state index contributed by atoms with van der Waals surface area (Å²) in [6.45, 7) is 7.11. The number of aliphatic hydroxyl groups is 1. The first-order chi connectivity index (χ1) is 5.60. The van der Waals surface area contributed by atoms with Crippen LogP contribution < -0.4 is 0 Å². The summed E-state index contributed by atoms with van der Waals surface area (Å²) in [5.74, 6) is 0. The van der Waals surface area contributed by atoms with Crippen LogP contribution in [0, 0.1) is 0 Å². The van der Waals surface area contributed by atoms with Crippen molar-refractivity contribution >= 4 is 0 Å². The quantitative estimate of drug-likeness (QED) is 0.604. The van der Waals surface area contributed by atoms with E-state index >= 15 is 0 Å². The minimum absolute atomic E-state index is 0.0497. The zero-order valence-electron chi connectivity index (χ0n) is 7.79. The highest BCUT2D eigenvalue weighted by molar-refractivity contribution is 4.97. The van der Waals surface area contributed by atoms with Gasteiger partial charge in [0.25, 0.3) is 0 Å². The Hall–Kier alpha value is -0.120. The Morgan fingerprint density at radius 1 is 1.58 bits per heavy atom. The van der Waals surface area contributed by atoms with Crippen molar-refractivity contribution in [1.82, 2.24) is 4.90 Å². The summed E-state index contributed by atoms with van der Waals surface area (Å²) in [5.41, 5.74) is -0.0497. The van der Waals surface area contributed by atoms with Crippen LogP contribution in [0.2, 0.25) is 0 Å². The molecule has 1 unspecified atom stereocenters. The van der Waals surface area contributed by atoms with Gasteiger partial charge in [-0.15, -0.1) is 0 Å². The molecule has 0 spiro atoms. The van der Waals surface area contributed by atoms with E-state index in [2.05, 4.69) is 18.7 Å². The summed E-state index contributed by atoms with van der Waals surface area (Å²) in [6.07, 6.45) is 1.17. The SMILES string of the molecule is CC1(C)C(O)CCN1C[C@@H]1CO1. The fraction of sp³-hybridized carbons (Fsp3) is 1.00. The van der Waals surface area contributed by atoms with Crippen molar-refractivity contribution in [3.8, 4) is 0 Å². The predicted octanol–water partition coefficient (Wildman–Crippen LogP) is 0.230. The number of epoxide rings is 1. The van der Waals surface area contributed by atoms with E-state index < -0.39 is 0 Å². The van der Waals surface area contributed by atoms with Gasteiger partial charge in [-0.05, 0) is 20.3 Å². The Balaban J connectivity index is 1.96. The van der Waals surface area contributed by atoms with Gasteiger partial charge in [0.15, 0.2) is 0 Å². The Bertz CT molecular complexity index is 177. The van der Waals surface area contributed by atoms with Crippen LogP contribution in [0.1, 0.15) is 20.3 Å². The highest BCUT2D eigenvalue weighted by Crippen LogP contribution is 2.30. The second kappa shape index (κ2) is 2.69. The van der Waals surface area contributed by atoms with E-state index in [9.17, 15) is 5.11 Å². The van der Waals surface area contributed by atoms with Gasteiger partial charge in [-0.1, -0.05) is 0 Å². The summed E-state index contributed by atoms with van der Waals surface area (Å²) in [4.78, 5) is 2.33. The van der Waals surface area contributed by atoms with E-state index in [4.69, 9.17) is 4.74 Å². The molecule has 1 N–H and O–H groups in total. The molecule has 2 fully saturated rings. The molecule has 0 aromatic heterocycles. The molecule has 2 atom stereocenters. The maximum absolute atomic E-state index is 9.68. The number of likely N-dealkylation sites (tertiary alicyclic amines) is 1. The van der Waals surface area contributed by atoms with Crippen molar-refractivity contribution in [2.45, 2.75) is 38.0 Å². The Morgan fingerprint density at radius 3 is 2.67 bits per heavy atom. The molecule has 2 aliphatic rings. The highest BCUT2D eigenvalue weighted by atomic mass is 16.6. The first kappa shape index (κ1) is 8.48. The number of ether oxygens (including phenoxy) is 1. The van der Waals surface area contributed by atoms with Crippen LogP contribution in [-0.2, 0) is 4.74 Å². The first-order valence-corrected chi connectivity index (χ1v) is 4.65. The lowest BCUT2D eigenvalue weighted by atomic mass is 9.99. The van der Waals surface area contributed by atoms with Gasteiger partial charge in [0, 0.05) is 18.6 Å². The minimum atomic E-state index is -0.170. The smallest absolute Gasteiger partial charge is 0.0936 e. The van der Waals surface area contributed by atoms with Crippen LogP contribution in [-0.4, -0.2) is 47.4 Å². The maximum Gasteiger partial charge on any atom is 0.0936 e. The van der Waals surface area contributed by atoms with Crippen LogP contribution in [0.4, 0.5) is 0 Å². The summed E-state index contributed by atoms with van der Waals surface area (Å²) >= 11 is 0. The molecule has 2 saturated heterocycles. The predicted molar refractivity (Wildman–Crippen MR) is 46.0 cm³/mol. The molecule has 0 saturated carbocycles. The lowest BCUT2D eigenvalue weighted by molar-refractivity contribution is 0.0511. The summed E-state index contributed by atoms with van der Waals surface area (Å²) in [6, 6.07) is 0. The molecule has 0 bridgehead atoms. The second-order valence-corrected chi connectivity index (χ2v) is 4.36. The van der Waals surface area contributed by atoms with Crippen LogP contribution in [0.15, 0.2) is 0 Å². The maximum atomic E-state index is 9.68. The third-order valence-corrected chi connectivity index (χ3v) is 3.13. The average molecular weight is 171 g/mol. The van der Waals surface area contributed by atoms with Crippen molar-refractivity contribution in [3.63, 3.8) is 0 Å². The molecule has 3 heteroatoms. The molecule has 0 aromatic rings. The van der Waals surface area contributed by atoms with Gasteiger partial charge >= 0.3 is 0 Å². The van der Waals surface area contributed by atoms with Gasteiger partial charge in [0.05, 0.1) is 18.8 Å². The third kappa shape index (κ3) is 1.37. The molecule has 0 aromatic carbocycles. The molecule has 12 heavy (non-hydrogen) atoms. The number of nitrogens with zero attached hydrogens (tertiary/aromatic N) is 1. The zero-order valence-corrected chi connectivity index (χ0v) is 7.79. The molecule has 0 radical (unpaired) electrons. The van der Waals surface area contributed by atoms with E-state index in [-0.39, 0.29) is 11.6 Å². The van der Waals surface area contributed by atoms with Crippen LogP contribution in [0.5, 0.6) is 0 Å². The van der Waals surface area contributed by atoms with Crippen molar-refractivity contribution in [3.05, 3.63) is 0 Å². The number of rotatable bonds is 2. The normalized spacial score (nSPS) is 40.2. The summed E-state index contributed by atoms with van der Waals surface area (Å²) < 4.78 is 5.18. The van der Waals surface area contributed by atoms with Gasteiger partial charge in [-0.25, -0.2) is 0 Å². The van der Waals surface area contributed by atoms with Crippen LogP contribution >= 0.6 is 0 Å². The van der Waals surface area contributed by atoms with E-state index in [1.807, 2.05) is 0 Å². The lowest BCUT2D eigenvalue weighted by Gasteiger charge is -2.33. The third-order valence-electron chi connectivity index (χ3n) is 3.13. The Kier molecular flexibility index (Phi) is 1.90. The van der Waals surface area contributed by atoms with Crippen LogP contribution in [0.3, 0.4) is 0 Å². The van der Waals surface area contributed by atoms with Crippen molar-refractivity contribution in [2.24, 2.45) is 0 Å². The lowest BCUT2D eigenvalue weighted by Crippen LogP contribution is -2.46. The zero-order chi connectivity index (χ0) is 8.77. The second-order valence-electron chi connectivity index (χ2n) is 4.36. The standard InChI is InChI=1S/C9H17NO2/c1-9(2)8(11)3-4-10(9)5-7-6-12-7/h7-8,11H,3-6H2,1-2H3/t7-,8?/m1/s1. The Morgan fingerprint density at radius 2 is 2.25 bits per heavy atom. The molecule has 3 nitrogen and oxygen atoms in total. The fourth-order valence-electron chi connectivity index (χ4n) is 1.88. The molecule has 70 valence electrons. The highest BCUT2D eigenvalue weighted by Gasteiger charge is 2.42. The molecule has 2 heterocycles. The van der Waals surface area contributed by atoms with Gasteiger partial charge in [0.1, 0.15) is 0 Å². The van der Waals surface area contributed by atoms with Gasteiger partial charge in [-0.2, -0.15) is 0 Å². The van der Waals surface area contributed by atoms with E-state index in [0.717, 1.165) is 26.1 Å². The molecule has 0 aliphatic carbocycles. The minimum Gasteiger partial charge on any atom is -0.391 e. The largest absolute Gasteiger partial charge is 0.391 e. The summed E-state index contributed by atoms with van der Waals surface area (Å²) in [7, 11) is 0. The van der Waals surface area contributed by atoms with Crippen LogP contribution in [0.25, 0.3) is 0 Å². The van der Waals surface area contributed by atoms with Gasteiger partial charge in [0.2, 0.25) is 0 Å². The van der Waals surface area contributed by atoms with E-state index in [1.165, 1.54) is 0 Å². The average Bonchev–Trinajstić information content (AvgIpc) is 2.75. The van der Waals surface area contributed by atoms with E-state index in [1.54, 1.807) is 0 Å². The first-order valence-electron chi connectivity index (χ1n) is 4.65. The Labute approximate surface area is 73.3 Å². The van der Waals surface area contributed by atoms with Crippen molar-refractivity contribution in [1.29, 1.82) is 0 Å². The van der Waals surface area contributed by atoms with Crippen molar-refractivity contribution < 1.29 is 9.84 Å².